The van der Waals surface area contributed by atoms with Crippen LogP contribution in [-0.2, 0) is 4.74 Å². The van der Waals surface area contributed by atoms with Crippen LogP contribution in [-0.4, -0.2) is 27.3 Å². The van der Waals surface area contributed by atoms with Crippen LogP contribution in [0.4, 0.5) is 0 Å². The number of hydrogen-bond acceptors (Lipinski definition) is 4. The summed E-state index contributed by atoms with van der Waals surface area (Å²) in [5.41, 5.74) is 1.26. The number of benzene rings is 1. The van der Waals surface area contributed by atoms with Gasteiger partial charge in [0, 0.05) is 23.2 Å². The van der Waals surface area contributed by atoms with E-state index in [-0.39, 0.29) is 5.97 Å². The van der Waals surface area contributed by atoms with E-state index in [0.29, 0.717) is 12.2 Å². The molecule has 100 valence electrons. The summed E-state index contributed by atoms with van der Waals surface area (Å²) >= 11 is 0. The first-order valence-corrected chi connectivity index (χ1v) is 6.34. The minimum atomic E-state index is -0.369. The molecule has 0 saturated heterocycles. The smallest absolute Gasteiger partial charge is 0.341 e. The molecule has 0 amide bonds. The standard InChI is InChI=1S/C15H13N3O2/c1-2-20-15(19)12-8-17-18(10-12)14-9-16-7-11-5-3-4-6-13(11)14/h3-10H,2H2,1H3. The van der Waals surface area contributed by atoms with Crippen LogP contribution in [0.15, 0.2) is 49.1 Å². The maximum Gasteiger partial charge on any atom is 0.341 e. The van der Waals surface area contributed by atoms with Crippen molar-refractivity contribution in [3.05, 3.63) is 54.6 Å². The molecule has 5 nitrogen and oxygen atoms in total. The van der Waals surface area contributed by atoms with E-state index in [1.54, 1.807) is 30.2 Å². The molecule has 0 fully saturated rings. The molecule has 3 aromatic rings. The first kappa shape index (κ1) is 12.3. The molecule has 0 N–H and O–H groups in total. The number of ether oxygens (including phenoxy) is 1. The maximum absolute atomic E-state index is 11.7. The van der Waals surface area contributed by atoms with Crippen molar-refractivity contribution in [3.8, 4) is 5.69 Å². The first-order valence-electron chi connectivity index (χ1n) is 6.34. The average Bonchev–Trinajstić information content (AvgIpc) is 2.97. The van der Waals surface area contributed by atoms with Crippen LogP contribution in [0, 0.1) is 0 Å². The van der Waals surface area contributed by atoms with Gasteiger partial charge >= 0.3 is 5.97 Å². The molecule has 0 radical (unpaired) electrons. The topological polar surface area (TPSA) is 57.0 Å². The summed E-state index contributed by atoms with van der Waals surface area (Å²) < 4.78 is 6.60. The van der Waals surface area contributed by atoms with Gasteiger partial charge in [0.1, 0.15) is 0 Å². The number of fused-ring (bicyclic) bond motifs is 1. The molecule has 5 heteroatoms. The molecular formula is C15H13N3O2. The summed E-state index contributed by atoms with van der Waals surface area (Å²) in [4.78, 5) is 15.9. The fraction of sp³-hybridized carbons (Fsp3) is 0.133. The summed E-state index contributed by atoms with van der Waals surface area (Å²) in [6.07, 6.45) is 6.68. The predicted molar refractivity (Wildman–Crippen MR) is 74.8 cm³/mol. The highest BCUT2D eigenvalue weighted by atomic mass is 16.5. The predicted octanol–water partition coefficient (Wildman–Crippen LogP) is 2.60. The molecule has 0 atom stereocenters. The van der Waals surface area contributed by atoms with Crippen molar-refractivity contribution < 1.29 is 9.53 Å². The van der Waals surface area contributed by atoms with Gasteiger partial charge in [-0.3, -0.25) is 4.98 Å². The minimum absolute atomic E-state index is 0.347. The Hall–Kier alpha value is -2.69. The van der Waals surface area contributed by atoms with E-state index in [0.717, 1.165) is 16.5 Å². The van der Waals surface area contributed by atoms with Gasteiger partial charge in [-0.15, -0.1) is 0 Å². The number of esters is 1. The average molecular weight is 267 g/mol. The van der Waals surface area contributed by atoms with Crippen LogP contribution in [0.25, 0.3) is 16.5 Å². The quantitative estimate of drug-likeness (QED) is 0.684. The second-order valence-electron chi connectivity index (χ2n) is 4.27. The van der Waals surface area contributed by atoms with Crippen LogP contribution < -0.4 is 0 Å². The van der Waals surface area contributed by atoms with E-state index in [4.69, 9.17) is 4.74 Å². The summed E-state index contributed by atoms with van der Waals surface area (Å²) in [7, 11) is 0. The fourth-order valence-corrected chi connectivity index (χ4v) is 2.06. The highest BCUT2D eigenvalue weighted by Crippen LogP contribution is 2.20. The molecule has 0 saturated carbocycles. The third kappa shape index (κ3) is 2.14. The molecule has 0 aliphatic carbocycles. The summed E-state index contributed by atoms with van der Waals surface area (Å²) in [5, 5.41) is 6.27. The van der Waals surface area contributed by atoms with Gasteiger partial charge in [-0.2, -0.15) is 5.10 Å². The lowest BCUT2D eigenvalue weighted by Crippen LogP contribution is -2.03. The van der Waals surface area contributed by atoms with Crippen LogP contribution in [0.2, 0.25) is 0 Å². The number of carbonyl (C=O) groups is 1. The largest absolute Gasteiger partial charge is 0.462 e. The van der Waals surface area contributed by atoms with E-state index in [1.165, 1.54) is 6.20 Å². The third-order valence-electron chi connectivity index (χ3n) is 2.99. The van der Waals surface area contributed by atoms with Gasteiger partial charge in [-0.1, -0.05) is 24.3 Å². The Bertz CT molecular complexity index is 759. The molecule has 2 heterocycles. The zero-order valence-corrected chi connectivity index (χ0v) is 11.0. The Morgan fingerprint density at radius 3 is 2.95 bits per heavy atom. The van der Waals surface area contributed by atoms with E-state index in [2.05, 4.69) is 10.1 Å². The number of hydrogen-bond donors (Lipinski definition) is 0. The zero-order chi connectivity index (χ0) is 13.9. The molecule has 0 spiro atoms. The monoisotopic (exact) mass is 267 g/mol. The summed E-state index contributed by atoms with van der Waals surface area (Å²) in [5.74, 6) is -0.369. The van der Waals surface area contributed by atoms with E-state index in [9.17, 15) is 4.79 Å². The van der Waals surface area contributed by atoms with Crippen molar-refractivity contribution >= 4 is 16.7 Å². The van der Waals surface area contributed by atoms with E-state index >= 15 is 0 Å². The number of nitrogens with zero attached hydrogens (tertiary/aromatic N) is 3. The van der Waals surface area contributed by atoms with Crippen molar-refractivity contribution in [3.63, 3.8) is 0 Å². The Balaban J connectivity index is 2.06. The van der Waals surface area contributed by atoms with Gasteiger partial charge < -0.3 is 4.74 Å². The Labute approximate surface area is 115 Å². The molecule has 0 aliphatic rings. The molecular weight excluding hydrogens is 254 g/mol. The lowest BCUT2D eigenvalue weighted by Gasteiger charge is -2.05. The van der Waals surface area contributed by atoms with Crippen molar-refractivity contribution in [2.24, 2.45) is 0 Å². The minimum Gasteiger partial charge on any atom is -0.462 e. The highest BCUT2D eigenvalue weighted by molar-refractivity contribution is 5.91. The molecule has 20 heavy (non-hydrogen) atoms. The Morgan fingerprint density at radius 1 is 1.25 bits per heavy atom. The third-order valence-corrected chi connectivity index (χ3v) is 2.99. The molecule has 2 aromatic heterocycles. The van der Waals surface area contributed by atoms with Gasteiger partial charge in [0.2, 0.25) is 0 Å². The van der Waals surface area contributed by atoms with Crippen LogP contribution in [0.3, 0.4) is 0 Å². The zero-order valence-electron chi connectivity index (χ0n) is 11.0. The van der Waals surface area contributed by atoms with E-state index in [1.807, 2.05) is 24.3 Å². The van der Waals surface area contributed by atoms with Crippen LogP contribution in [0.5, 0.6) is 0 Å². The van der Waals surface area contributed by atoms with Crippen molar-refractivity contribution in [2.45, 2.75) is 6.92 Å². The van der Waals surface area contributed by atoms with Gasteiger partial charge in [-0.25, -0.2) is 9.48 Å². The van der Waals surface area contributed by atoms with Crippen LogP contribution in [0.1, 0.15) is 17.3 Å². The highest BCUT2D eigenvalue weighted by Gasteiger charge is 2.11. The van der Waals surface area contributed by atoms with Crippen molar-refractivity contribution in [1.29, 1.82) is 0 Å². The van der Waals surface area contributed by atoms with Gasteiger partial charge in [0.05, 0.1) is 30.3 Å². The van der Waals surface area contributed by atoms with Crippen molar-refractivity contribution in [1.82, 2.24) is 14.8 Å². The van der Waals surface area contributed by atoms with Gasteiger partial charge in [-0.05, 0) is 6.92 Å². The number of pyridine rings is 1. The summed E-state index contributed by atoms with van der Waals surface area (Å²) in [6.45, 7) is 2.12. The molecule has 0 unspecified atom stereocenters. The number of carbonyl (C=O) groups excluding carboxylic acids is 1. The molecule has 0 aliphatic heterocycles. The lowest BCUT2D eigenvalue weighted by molar-refractivity contribution is 0.0526. The SMILES string of the molecule is CCOC(=O)c1cnn(-c2cncc3ccccc23)c1. The Kier molecular flexibility index (Phi) is 3.16. The van der Waals surface area contributed by atoms with Gasteiger partial charge in [0.25, 0.3) is 0 Å². The lowest BCUT2D eigenvalue weighted by atomic mass is 10.1. The van der Waals surface area contributed by atoms with Gasteiger partial charge in [0.15, 0.2) is 0 Å². The van der Waals surface area contributed by atoms with Crippen molar-refractivity contribution in [2.75, 3.05) is 6.61 Å². The molecule has 0 bridgehead atoms. The maximum atomic E-state index is 11.7. The van der Waals surface area contributed by atoms with Crippen LogP contribution >= 0.6 is 0 Å². The molecule has 3 rings (SSSR count). The second-order valence-corrected chi connectivity index (χ2v) is 4.27. The summed E-state index contributed by atoms with van der Waals surface area (Å²) in [6, 6.07) is 7.90. The molecule has 1 aromatic carbocycles. The normalized spacial score (nSPS) is 10.7. The first-order chi connectivity index (χ1) is 9.79. The fourth-order valence-electron chi connectivity index (χ4n) is 2.06. The number of rotatable bonds is 3. The number of aromatic nitrogens is 3. The second kappa shape index (κ2) is 5.13. The Morgan fingerprint density at radius 2 is 2.10 bits per heavy atom. The van der Waals surface area contributed by atoms with E-state index < -0.39 is 0 Å².